The van der Waals surface area contributed by atoms with Crippen molar-refractivity contribution in [3.8, 4) is 0 Å². The van der Waals surface area contributed by atoms with Gasteiger partial charge in [0, 0.05) is 15.5 Å². The number of hydrogen-bond donors (Lipinski definition) is 1. The molecule has 2 aromatic carbocycles. The normalized spacial score (nSPS) is 10.9. The zero-order valence-electron chi connectivity index (χ0n) is 17.2. The minimum Gasteiger partial charge on any atom is -0.467 e. The van der Waals surface area contributed by atoms with Crippen LogP contribution in [-0.4, -0.2) is 26.4 Å². The molecule has 0 radical (unpaired) electrons. The highest BCUT2D eigenvalue weighted by Gasteiger charge is 2.11. The van der Waals surface area contributed by atoms with Gasteiger partial charge in [0.05, 0.1) is 18.6 Å². The van der Waals surface area contributed by atoms with E-state index in [1.54, 1.807) is 24.4 Å². The lowest BCUT2D eigenvalue weighted by atomic mass is 10.2. The Balaban J connectivity index is 1.30. The molecule has 0 saturated carbocycles. The van der Waals surface area contributed by atoms with Crippen LogP contribution in [-0.2, 0) is 11.3 Å². The first-order chi connectivity index (χ1) is 15.1. The zero-order valence-corrected chi connectivity index (χ0v) is 18.9. The summed E-state index contributed by atoms with van der Waals surface area (Å²) in [5.41, 5.74) is 3.27. The van der Waals surface area contributed by atoms with Gasteiger partial charge >= 0.3 is 0 Å². The Hall–Kier alpha value is -2.97. The number of rotatable bonds is 8. The van der Waals surface area contributed by atoms with Crippen molar-refractivity contribution in [2.45, 2.75) is 35.3 Å². The summed E-state index contributed by atoms with van der Waals surface area (Å²) in [6, 6.07) is 18.1. The van der Waals surface area contributed by atoms with Crippen molar-refractivity contribution in [1.29, 1.82) is 0 Å². The van der Waals surface area contributed by atoms with Gasteiger partial charge in [-0.1, -0.05) is 35.7 Å². The van der Waals surface area contributed by atoms with Gasteiger partial charge in [-0.25, -0.2) is 0 Å². The van der Waals surface area contributed by atoms with E-state index < -0.39 is 0 Å². The van der Waals surface area contributed by atoms with Crippen molar-refractivity contribution in [3.05, 3.63) is 84.1 Å². The molecule has 8 heteroatoms. The van der Waals surface area contributed by atoms with Crippen molar-refractivity contribution < 1.29 is 9.21 Å². The maximum absolute atomic E-state index is 12.4. The summed E-state index contributed by atoms with van der Waals surface area (Å²) >= 11 is 3.07. The Bertz CT molecular complexity index is 1150. The van der Waals surface area contributed by atoms with Crippen molar-refractivity contribution >= 4 is 35.1 Å². The third-order valence-electron chi connectivity index (χ3n) is 4.53. The second kappa shape index (κ2) is 9.89. The highest BCUT2D eigenvalue weighted by Crippen LogP contribution is 2.31. The van der Waals surface area contributed by atoms with E-state index in [0.717, 1.165) is 16.3 Å². The molecule has 0 aliphatic heterocycles. The van der Waals surface area contributed by atoms with Gasteiger partial charge in [-0.05, 0) is 67.4 Å². The number of furan rings is 1. The van der Waals surface area contributed by atoms with Crippen molar-refractivity contribution in [2.24, 2.45) is 0 Å². The smallest absolute Gasteiger partial charge is 0.234 e. The van der Waals surface area contributed by atoms with E-state index >= 15 is 0 Å². The van der Waals surface area contributed by atoms with Crippen LogP contribution < -0.4 is 5.32 Å². The van der Waals surface area contributed by atoms with Gasteiger partial charge < -0.3 is 14.3 Å². The highest BCUT2D eigenvalue weighted by molar-refractivity contribution is 7.99. The van der Waals surface area contributed by atoms with Crippen molar-refractivity contribution in [1.82, 2.24) is 14.8 Å². The Kier molecular flexibility index (Phi) is 6.79. The van der Waals surface area contributed by atoms with Crippen LogP contribution in [0.5, 0.6) is 0 Å². The molecule has 1 N–H and O–H groups in total. The topological polar surface area (TPSA) is 73.0 Å². The second-order valence-electron chi connectivity index (χ2n) is 7.05. The molecule has 0 spiro atoms. The van der Waals surface area contributed by atoms with E-state index in [0.29, 0.717) is 11.7 Å². The first-order valence-electron chi connectivity index (χ1n) is 9.75. The number of aryl methyl sites for hydroxylation is 2. The summed E-state index contributed by atoms with van der Waals surface area (Å²) in [7, 11) is 0. The third-order valence-corrected chi connectivity index (χ3v) is 6.68. The average molecular weight is 451 g/mol. The fourth-order valence-electron chi connectivity index (χ4n) is 2.91. The Morgan fingerprint density at radius 2 is 1.97 bits per heavy atom. The molecule has 6 nitrogen and oxygen atoms in total. The Labute approximate surface area is 189 Å². The van der Waals surface area contributed by atoms with E-state index in [1.807, 2.05) is 41.0 Å². The number of carbonyl (C=O) groups excluding carboxylic acids is 1. The van der Waals surface area contributed by atoms with E-state index in [-0.39, 0.29) is 11.7 Å². The molecule has 31 heavy (non-hydrogen) atoms. The predicted molar refractivity (Wildman–Crippen MR) is 124 cm³/mol. The molecule has 0 saturated heterocycles. The molecule has 0 bridgehead atoms. The van der Waals surface area contributed by atoms with Crippen LogP contribution in [0.15, 0.2) is 86.6 Å². The van der Waals surface area contributed by atoms with Crippen LogP contribution in [0.1, 0.15) is 16.9 Å². The van der Waals surface area contributed by atoms with Gasteiger partial charge in [0.1, 0.15) is 12.1 Å². The molecule has 4 aromatic rings. The number of amides is 1. The van der Waals surface area contributed by atoms with Gasteiger partial charge in [-0.2, -0.15) is 0 Å². The molecule has 0 aliphatic rings. The minimum atomic E-state index is -0.0903. The highest BCUT2D eigenvalue weighted by atomic mass is 32.2. The molecule has 158 valence electrons. The quantitative estimate of drug-likeness (QED) is 0.362. The summed E-state index contributed by atoms with van der Waals surface area (Å²) < 4.78 is 7.22. The van der Waals surface area contributed by atoms with Crippen LogP contribution in [0, 0.1) is 13.8 Å². The first kappa shape index (κ1) is 21.3. The number of aromatic nitrogens is 3. The molecule has 0 unspecified atom stereocenters. The standard InChI is InChI=1S/C23H22N4O2S2/c1-16-5-6-17(2)21(12-16)31-20-9-7-18(8-10-20)25-22(28)14-30-23-26-24-15-27(23)13-19-4-3-11-29-19/h3-12,15H,13-14H2,1-2H3,(H,25,28). The summed E-state index contributed by atoms with van der Waals surface area (Å²) in [5.74, 6) is 0.966. The zero-order chi connectivity index (χ0) is 21.6. The summed E-state index contributed by atoms with van der Waals surface area (Å²) in [4.78, 5) is 14.8. The maximum Gasteiger partial charge on any atom is 0.234 e. The van der Waals surface area contributed by atoms with Gasteiger partial charge in [0.2, 0.25) is 5.91 Å². The molecule has 2 aromatic heterocycles. The van der Waals surface area contributed by atoms with E-state index in [9.17, 15) is 4.79 Å². The molecular weight excluding hydrogens is 428 g/mol. The molecule has 0 aliphatic carbocycles. The lowest BCUT2D eigenvalue weighted by Crippen LogP contribution is -2.14. The van der Waals surface area contributed by atoms with Crippen LogP contribution in [0.25, 0.3) is 0 Å². The van der Waals surface area contributed by atoms with Crippen LogP contribution in [0.4, 0.5) is 5.69 Å². The molecule has 4 rings (SSSR count). The average Bonchev–Trinajstić information content (AvgIpc) is 3.43. The Morgan fingerprint density at radius 1 is 1.13 bits per heavy atom. The number of nitrogens with one attached hydrogen (secondary N) is 1. The van der Waals surface area contributed by atoms with Gasteiger partial charge in [0.15, 0.2) is 5.16 Å². The molecular formula is C23H22N4O2S2. The maximum atomic E-state index is 12.4. The van der Waals surface area contributed by atoms with E-state index in [4.69, 9.17) is 4.42 Å². The van der Waals surface area contributed by atoms with Gasteiger partial charge in [-0.3, -0.25) is 4.79 Å². The summed E-state index contributed by atoms with van der Waals surface area (Å²) in [5, 5.41) is 11.6. The SMILES string of the molecule is Cc1ccc(C)c(Sc2ccc(NC(=O)CSc3nncn3Cc3ccco3)cc2)c1. The number of benzene rings is 2. The Morgan fingerprint density at radius 3 is 2.74 bits per heavy atom. The first-order valence-corrected chi connectivity index (χ1v) is 11.5. The number of nitrogens with zero attached hydrogens (tertiary/aromatic N) is 3. The van der Waals surface area contributed by atoms with Gasteiger partial charge in [-0.15, -0.1) is 10.2 Å². The fourth-order valence-corrected chi connectivity index (χ4v) is 4.63. The number of carbonyl (C=O) groups is 1. The molecule has 2 heterocycles. The summed E-state index contributed by atoms with van der Waals surface area (Å²) in [6.07, 6.45) is 3.26. The largest absolute Gasteiger partial charge is 0.467 e. The number of hydrogen-bond acceptors (Lipinski definition) is 6. The molecule has 0 fully saturated rings. The monoisotopic (exact) mass is 450 g/mol. The lowest BCUT2D eigenvalue weighted by molar-refractivity contribution is -0.113. The van der Waals surface area contributed by atoms with E-state index in [1.165, 1.54) is 27.8 Å². The predicted octanol–water partition coefficient (Wildman–Crippen LogP) is 5.42. The van der Waals surface area contributed by atoms with Crippen molar-refractivity contribution in [3.63, 3.8) is 0 Å². The molecule has 1 amide bonds. The second-order valence-corrected chi connectivity index (χ2v) is 9.11. The van der Waals surface area contributed by atoms with Gasteiger partial charge in [0.25, 0.3) is 0 Å². The van der Waals surface area contributed by atoms with E-state index in [2.05, 4.69) is 47.6 Å². The van der Waals surface area contributed by atoms with Crippen molar-refractivity contribution in [2.75, 3.05) is 11.1 Å². The number of thioether (sulfide) groups is 1. The van der Waals surface area contributed by atoms with Crippen LogP contribution in [0.3, 0.4) is 0 Å². The number of anilines is 1. The molecule has 0 atom stereocenters. The van der Waals surface area contributed by atoms with Crippen LogP contribution in [0.2, 0.25) is 0 Å². The van der Waals surface area contributed by atoms with Crippen LogP contribution >= 0.6 is 23.5 Å². The summed E-state index contributed by atoms with van der Waals surface area (Å²) in [6.45, 7) is 4.74. The third kappa shape index (κ3) is 5.80. The lowest BCUT2D eigenvalue weighted by Gasteiger charge is -2.09. The fraction of sp³-hybridized carbons (Fsp3) is 0.174. The minimum absolute atomic E-state index is 0.0903.